The molecule has 0 fully saturated rings. The average molecular weight is 355 g/mol. The fourth-order valence-corrected chi connectivity index (χ4v) is 2.82. The number of benzene rings is 1. The van der Waals surface area contributed by atoms with Crippen molar-refractivity contribution < 1.29 is 0 Å². The number of anilines is 1. The third-order valence-corrected chi connectivity index (χ3v) is 4.26. The topological polar surface area (TPSA) is 56.4 Å². The van der Waals surface area contributed by atoms with E-state index in [9.17, 15) is 0 Å². The van der Waals surface area contributed by atoms with Crippen molar-refractivity contribution in [3.8, 4) is 0 Å². The summed E-state index contributed by atoms with van der Waals surface area (Å²) in [5.41, 5.74) is 7.56. The van der Waals surface area contributed by atoms with E-state index >= 15 is 0 Å². The second-order valence-electron chi connectivity index (χ2n) is 5.04. The molecule has 0 amide bonds. The van der Waals surface area contributed by atoms with Crippen LogP contribution in [0.25, 0.3) is 0 Å². The lowest BCUT2D eigenvalue weighted by molar-refractivity contribution is 0.301. The van der Waals surface area contributed by atoms with Gasteiger partial charge in [-0.15, -0.1) is 0 Å². The van der Waals surface area contributed by atoms with Crippen LogP contribution in [0.4, 0.5) is 5.69 Å². The molecule has 118 valence electrons. The normalized spacial score (nSPS) is 10.9. The van der Waals surface area contributed by atoms with E-state index in [2.05, 4.69) is 52.6 Å². The number of amidine groups is 1. The Morgan fingerprint density at radius 3 is 2.33 bits per heavy atom. The van der Waals surface area contributed by atoms with E-state index in [1.165, 1.54) is 0 Å². The highest BCUT2D eigenvalue weighted by Crippen LogP contribution is 2.25. The Morgan fingerprint density at radius 1 is 1.14 bits per heavy atom. The molecular formula is C16H27BrN4. The smallest absolute Gasteiger partial charge is 0.124 e. The Morgan fingerprint density at radius 2 is 1.81 bits per heavy atom. The van der Waals surface area contributed by atoms with Crippen LogP contribution in [0.15, 0.2) is 22.7 Å². The lowest BCUT2D eigenvalue weighted by Crippen LogP contribution is -2.31. The number of hydrogen-bond donors (Lipinski definition) is 2. The van der Waals surface area contributed by atoms with Crippen molar-refractivity contribution in [1.29, 1.82) is 5.41 Å². The number of nitrogens with two attached hydrogens (primary N) is 1. The van der Waals surface area contributed by atoms with Gasteiger partial charge in [0.2, 0.25) is 0 Å². The Balaban J connectivity index is 2.80. The second kappa shape index (κ2) is 9.05. The Kier molecular flexibility index (Phi) is 7.75. The fourth-order valence-electron chi connectivity index (χ4n) is 2.47. The fraction of sp³-hybridized carbons (Fsp3) is 0.562. The van der Waals surface area contributed by atoms with Crippen LogP contribution in [0.2, 0.25) is 0 Å². The molecule has 0 aliphatic heterocycles. The summed E-state index contributed by atoms with van der Waals surface area (Å²) < 4.78 is 1.02. The molecule has 1 aromatic carbocycles. The van der Waals surface area contributed by atoms with E-state index in [1.807, 2.05) is 12.1 Å². The molecule has 0 aliphatic rings. The van der Waals surface area contributed by atoms with Crippen molar-refractivity contribution in [1.82, 2.24) is 4.90 Å². The Bertz CT molecular complexity index is 458. The minimum atomic E-state index is 0.125. The summed E-state index contributed by atoms with van der Waals surface area (Å²) in [6.07, 6.45) is 1.11. The number of hydrogen-bond acceptors (Lipinski definition) is 3. The summed E-state index contributed by atoms with van der Waals surface area (Å²) in [4.78, 5) is 4.73. The zero-order valence-corrected chi connectivity index (χ0v) is 14.9. The Hall–Kier alpha value is -1.07. The highest BCUT2D eigenvalue weighted by atomic mass is 79.9. The molecule has 0 saturated heterocycles. The van der Waals surface area contributed by atoms with E-state index in [1.54, 1.807) is 0 Å². The standard InChI is InChI=1S/C16H27BrN4/c1-4-20(5-2)10-7-11-21(6-3)15-12-13(17)8-9-14(15)16(18)19/h8-9,12H,4-7,10-11H2,1-3H3,(H3,18,19). The SMILES string of the molecule is CCN(CC)CCCN(CC)c1cc(Br)ccc1C(=N)N. The molecule has 0 radical (unpaired) electrons. The molecule has 0 spiro atoms. The minimum Gasteiger partial charge on any atom is -0.384 e. The number of nitrogens with zero attached hydrogens (tertiary/aromatic N) is 2. The van der Waals surface area contributed by atoms with Crippen molar-refractivity contribution in [2.24, 2.45) is 5.73 Å². The van der Waals surface area contributed by atoms with Crippen molar-refractivity contribution in [2.45, 2.75) is 27.2 Å². The van der Waals surface area contributed by atoms with E-state index in [4.69, 9.17) is 11.1 Å². The predicted molar refractivity (Wildman–Crippen MR) is 95.5 cm³/mol. The van der Waals surface area contributed by atoms with Crippen LogP contribution in [0, 0.1) is 5.41 Å². The van der Waals surface area contributed by atoms with Crippen LogP contribution in [0.5, 0.6) is 0 Å². The maximum absolute atomic E-state index is 7.75. The molecule has 1 aromatic rings. The lowest BCUT2D eigenvalue weighted by atomic mass is 10.1. The molecular weight excluding hydrogens is 328 g/mol. The number of rotatable bonds is 9. The first kappa shape index (κ1) is 18.0. The van der Waals surface area contributed by atoms with Crippen molar-refractivity contribution in [2.75, 3.05) is 37.6 Å². The van der Waals surface area contributed by atoms with Gasteiger partial charge < -0.3 is 15.5 Å². The monoisotopic (exact) mass is 354 g/mol. The maximum atomic E-state index is 7.75. The third-order valence-electron chi connectivity index (χ3n) is 3.77. The lowest BCUT2D eigenvalue weighted by Gasteiger charge is -2.27. The van der Waals surface area contributed by atoms with Crippen LogP contribution in [-0.4, -0.2) is 43.5 Å². The van der Waals surface area contributed by atoms with E-state index < -0.39 is 0 Å². The first-order valence-corrected chi connectivity index (χ1v) is 8.43. The summed E-state index contributed by atoms with van der Waals surface area (Å²) in [5, 5.41) is 7.75. The van der Waals surface area contributed by atoms with Crippen molar-refractivity contribution in [3.63, 3.8) is 0 Å². The van der Waals surface area contributed by atoms with Crippen LogP contribution in [0.3, 0.4) is 0 Å². The average Bonchev–Trinajstić information content (AvgIpc) is 2.47. The molecule has 5 heteroatoms. The van der Waals surface area contributed by atoms with Crippen molar-refractivity contribution in [3.05, 3.63) is 28.2 Å². The summed E-state index contributed by atoms with van der Waals surface area (Å²) >= 11 is 3.51. The molecule has 0 atom stereocenters. The zero-order valence-electron chi connectivity index (χ0n) is 13.3. The van der Waals surface area contributed by atoms with E-state index in [0.29, 0.717) is 0 Å². The summed E-state index contributed by atoms with van der Waals surface area (Å²) in [6.45, 7) is 11.7. The molecule has 3 N–H and O–H groups in total. The highest BCUT2D eigenvalue weighted by molar-refractivity contribution is 9.10. The van der Waals surface area contributed by atoms with Gasteiger partial charge in [0.1, 0.15) is 5.84 Å². The number of nitrogen functional groups attached to an aromatic ring is 1. The zero-order chi connectivity index (χ0) is 15.8. The molecule has 21 heavy (non-hydrogen) atoms. The molecule has 0 saturated carbocycles. The van der Waals surface area contributed by atoms with Gasteiger partial charge in [-0.3, -0.25) is 5.41 Å². The molecule has 1 rings (SSSR count). The van der Waals surface area contributed by atoms with Gasteiger partial charge in [-0.1, -0.05) is 29.8 Å². The van der Waals surface area contributed by atoms with E-state index in [-0.39, 0.29) is 5.84 Å². The van der Waals surface area contributed by atoms with Gasteiger partial charge in [0.25, 0.3) is 0 Å². The predicted octanol–water partition coefficient (Wildman–Crippen LogP) is 3.29. The third kappa shape index (κ3) is 5.32. The molecule has 0 aliphatic carbocycles. The van der Waals surface area contributed by atoms with Crippen LogP contribution in [-0.2, 0) is 0 Å². The number of halogens is 1. The molecule has 4 nitrogen and oxygen atoms in total. The van der Waals surface area contributed by atoms with Crippen LogP contribution < -0.4 is 10.6 Å². The quantitative estimate of drug-likeness (QED) is 0.528. The van der Waals surface area contributed by atoms with Gasteiger partial charge in [-0.2, -0.15) is 0 Å². The summed E-state index contributed by atoms with van der Waals surface area (Å²) in [5.74, 6) is 0.125. The van der Waals surface area contributed by atoms with Crippen LogP contribution in [0.1, 0.15) is 32.8 Å². The minimum absolute atomic E-state index is 0.125. The second-order valence-corrected chi connectivity index (χ2v) is 5.95. The highest BCUT2D eigenvalue weighted by Gasteiger charge is 2.12. The maximum Gasteiger partial charge on any atom is 0.124 e. The van der Waals surface area contributed by atoms with Gasteiger partial charge >= 0.3 is 0 Å². The molecule has 0 heterocycles. The first-order chi connectivity index (χ1) is 10.0. The van der Waals surface area contributed by atoms with Gasteiger partial charge in [0.05, 0.1) is 0 Å². The summed E-state index contributed by atoms with van der Waals surface area (Å²) in [7, 11) is 0. The van der Waals surface area contributed by atoms with Gasteiger partial charge in [-0.05, 0) is 51.2 Å². The van der Waals surface area contributed by atoms with Crippen molar-refractivity contribution >= 4 is 27.5 Å². The number of nitrogens with one attached hydrogen (secondary N) is 1. The largest absolute Gasteiger partial charge is 0.384 e. The molecule has 0 bridgehead atoms. The van der Waals surface area contributed by atoms with Gasteiger partial charge in [-0.25, -0.2) is 0 Å². The van der Waals surface area contributed by atoms with Gasteiger partial charge in [0, 0.05) is 28.8 Å². The van der Waals surface area contributed by atoms with Crippen LogP contribution >= 0.6 is 15.9 Å². The van der Waals surface area contributed by atoms with Gasteiger partial charge in [0.15, 0.2) is 0 Å². The van der Waals surface area contributed by atoms with E-state index in [0.717, 1.165) is 54.9 Å². The first-order valence-electron chi connectivity index (χ1n) is 7.64. The summed E-state index contributed by atoms with van der Waals surface area (Å²) in [6, 6.07) is 5.90. The molecule has 0 aromatic heterocycles. The Labute approximate surface area is 136 Å². The molecule has 0 unspecified atom stereocenters.